The zero-order valence-electron chi connectivity index (χ0n) is 19.3. The van der Waals surface area contributed by atoms with Gasteiger partial charge in [0.15, 0.2) is 11.2 Å². The van der Waals surface area contributed by atoms with Gasteiger partial charge in [-0.25, -0.2) is 4.79 Å². The summed E-state index contributed by atoms with van der Waals surface area (Å²) in [4.78, 5) is 33.0. The van der Waals surface area contributed by atoms with Crippen molar-refractivity contribution in [2.75, 3.05) is 25.6 Å². The fourth-order valence-electron chi connectivity index (χ4n) is 4.29. The molecular weight excluding hydrogens is 432 g/mol. The normalized spacial score (nSPS) is 11.5. The number of aromatic nitrogens is 5. The second-order valence-corrected chi connectivity index (χ2v) is 8.46. The molecule has 0 fully saturated rings. The summed E-state index contributed by atoms with van der Waals surface area (Å²) in [7, 11) is 5.59. The molecule has 0 saturated heterocycles. The summed E-state index contributed by atoms with van der Waals surface area (Å²) in [5.41, 5.74) is 3.59. The monoisotopic (exact) mass is 458 g/mol. The van der Waals surface area contributed by atoms with Crippen LogP contribution in [0.3, 0.4) is 0 Å². The molecule has 1 N–H and O–H groups in total. The highest BCUT2D eigenvalue weighted by molar-refractivity contribution is 5.79. The fourth-order valence-corrected chi connectivity index (χ4v) is 4.29. The van der Waals surface area contributed by atoms with Crippen LogP contribution < -0.4 is 16.1 Å². The molecule has 3 aromatic heterocycles. The number of anilines is 1. The molecule has 174 valence electrons. The number of aliphatic hydroxyl groups is 1. The fraction of sp³-hybridized carbons (Fsp3) is 0.240. The lowest BCUT2D eigenvalue weighted by Crippen LogP contribution is -2.39. The summed E-state index contributed by atoms with van der Waals surface area (Å²) in [6.07, 6.45) is 2.21. The molecule has 9 nitrogen and oxygen atoms in total. The minimum Gasteiger partial charge on any atom is -0.396 e. The summed E-state index contributed by atoms with van der Waals surface area (Å²) in [6, 6.07) is 18.0. The van der Waals surface area contributed by atoms with E-state index in [4.69, 9.17) is 4.98 Å². The molecule has 34 heavy (non-hydrogen) atoms. The van der Waals surface area contributed by atoms with Gasteiger partial charge in [-0.1, -0.05) is 30.3 Å². The van der Waals surface area contributed by atoms with Crippen molar-refractivity contribution in [1.29, 1.82) is 0 Å². The van der Waals surface area contributed by atoms with E-state index in [0.29, 0.717) is 23.4 Å². The number of imidazole rings is 2. The lowest BCUT2D eigenvalue weighted by molar-refractivity contribution is 0.277. The second kappa shape index (κ2) is 8.35. The van der Waals surface area contributed by atoms with Crippen molar-refractivity contribution in [2.24, 2.45) is 7.05 Å². The predicted octanol–water partition coefficient (Wildman–Crippen LogP) is 2.25. The van der Waals surface area contributed by atoms with Crippen molar-refractivity contribution >= 4 is 22.6 Å². The third kappa shape index (κ3) is 3.32. The Bertz CT molecular complexity index is 1610. The average Bonchev–Trinajstić information content (AvgIpc) is 3.40. The zero-order valence-corrected chi connectivity index (χ0v) is 19.3. The Morgan fingerprint density at radius 3 is 2.35 bits per heavy atom. The zero-order chi connectivity index (χ0) is 24.0. The first-order valence-electron chi connectivity index (χ1n) is 11.1. The Morgan fingerprint density at radius 2 is 1.71 bits per heavy atom. The lowest BCUT2D eigenvalue weighted by atomic mass is 10.1. The van der Waals surface area contributed by atoms with E-state index in [1.807, 2.05) is 84.4 Å². The van der Waals surface area contributed by atoms with Gasteiger partial charge in [-0.15, -0.1) is 0 Å². The quantitative estimate of drug-likeness (QED) is 0.422. The first kappa shape index (κ1) is 21.7. The topological polar surface area (TPSA) is 89.7 Å². The van der Waals surface area contributed by atoms with Crippen molar-refractivity contribution < 1.29 is 5.11 Å². The number of hydrogen-bond donors (Lipinski definition) is 1. The molecule has 0 aliphatic heterocycles. The standard InChI is InChI=1S/C25H26N6O3/c1-27(2)18-10-12-19(13-11-18)31-20(17-8-5-4-6-9-17)16-30-21-22(26-24(30)31)28(3)25(34)29(23(21)33)14-7-15-32/h4-6,8-13,16,32H,7,14-15H2,1-3H3. The molecule has 0 amide bonds. The number of benzene rings is 2. The highest BCUT2D eigenvalue weighted by Gasteiger charge is 2.22. The van der Waals surface area contributed by atoms with E-state index in [2.05, 4.69) is 0 Å². The molecule has 0 radical (unpaired) electrons. The number of rotatable bonds is 6. The van der Waals surface area contributed by atoms with Gasteiger partial charge in [0.1, 0.15) is 0 Å². The first-order chi connectivity index (χ1) is 16.4. The maximum atomic E-state index is 13.4. The summed E-state index contributed by atoms with van der Waals surface area (Å²) in [5.74, 6) is 0.540. The van der Waals surface area contributed by atoms with Gasteiger partial charge in [0.2, 0.25) is 5.78 Å². The van der Waals surface area contributed by atoms with E-state index in [1.54, 1.807) is 11.4 Å². The van der Waals surface area contributed by atoms with E-state index in [0.717, 1.165) is 27.2 Å². The van der Waals surface area contributed by atoms with Gasteiger partial charge in [-0.05, 0) is 30.7 Å². The average molecular weight is 459 g/mol. The Morgan fingerprint density at radius 1 is 1.00 bits per heavy atom. The number of nitrogens with zero attached hydrogens (tertiary/aromatic N) is 6. The minimum absolute atomic E-state index is 0.104. The SMILES string of the molecule is CN(C)c1ccc(-n2c(-c3ccccc3)cn3c4c(=O)n(CCCO)c(=O)n(C)c4nc23)cc1. The van der Waals surface area contributed by atoms with Crippen molar-refractivity contribution in [3.05, 3.63) is 81.6 Å². The van der Waals surface area contributed by atoms with Gasteiger partial charge >= 0.3 is 5.69 Å². The Hall–Kier alpha value is -4.11. The molecule has 3 heterocycles. The third-order valence-corrected chi connectivity index (χ3v) is 6.08. The highest BCUT2D eigenvalue weighted by Crippen LogP contribution is 2.29. The largest absolute Gasteiger partial charge is 0.396 e. The Kier molecular flexibility index (Phi) is 5.33. The summed E-state index contributed by atoms with van der Waals surface area (Å²) in [5, 5.41) is 9.22. The van der Waals surface area contributed by atoms with Crippen molar-refractivity contribution in [1.82, 2.24) is 23.1 Å². The summed E-state index contributed by atoms with van der Waals surface area (Å²) < 4.78 is 6.31. The van der Waals surface area contributed by atoms with Crippen LogP contribution in [0.25, 0.3) is 33.9 Å². The maximum absolute atomic E-state index is 13.4. The van der Waals surface area contributed by atoms with Crippen molar-refractivity contribution in [3.63, 3.8) is 0 Å². The lowest BCUT2D eigenvalue weighted by Gasteiger charge is -2.14. The first-order valence-corrected chi connectivity index (χ1v) is 11.1. The van der Waals surface area contributed by atoms with E-state index in [-0.39, 0.29) is 13.2 Å². The van der Waals surface area contributed by atoms with E-state index >= 15 is 0 Å². The summed E-state index contributed by atoms with van der Waals surface area (Å²) in [6.45, 7) is 0.0380. The number of aliphatic hydroxyl groups excluding tert-OH is 1. The van der Waals surface area contributed by atoms with Crippen LogP contribution in [0.5, 0.6) is 0 Å². The van der Waals surface area contributed by atoms with Crippen LogP contribution in [-0.4, -0.2) is 48.9 Å². The minimum atomic E-state index is -0.447. The number of aryl methyl sites for hydroxylation is 1. The van der Waals surface area contributed by atoms with Crippen LogP contribution >= 0.6 is 0 Å². The molecule has 0 aliphatic rings. The molecule has 9 heteroatoms. The highest BCUT2D eigenvalue weighted by atomic mass is 16.3. The molecule has 0 unspecified atom stereocenters. The van der Waals surface area contributed by atoms with Gasteiger partial charge < -0.3 is 10.0 Å². The van der Waals surface area contributed by atoms with Crippen LogP contribution in [0, 0.1) is 0 Å². The second-order valence-electron chi connectivity index (χ2n) is 8.46. The number of hydrogen-bond acceptors (Lipinski definition) is 5. The van der Waals surface area contributed by atoms with Crippen molar-refractivity contribution in [2.45, 2.75) is 13.0 Å². The maximum Gasteiger partial charge on any atom is 0.332 e. The molecule has 0 atom stereocenters. The van der Waals surface area contributed by atoms with Crippen LogP contribution in [0.1, 0.15) is 6.42 Å². The van der Waals surface area contributed by atoms with Crippen molar-refractivity contribution in [3.8, 4) is 16.9 Å². The Labute approximate surface area is 195 Å². The molecule has 5 rings (SSSR count). The van der Waals surface area contributed by atoms with Crippen LogP contribution in [0.4, 0.5) is 5.69 Å². The molecule has 2 aromatic carbocycles. The van der Waals surface area contributed by atoms with Gasteiger partial charge in [0.25, 0.3) is 5.56 Å². The molecule has 0 aliphatic carbocycles. The molecule has 0 saturated carbocycles. The predicted molar refractivity (Wildman–Crippen MR) is 133 cm³/mol. The van der Waals surface area contributed by atoms with Crippen LogP contribution in [0.2, 0.25) is 0 Å². The van der Waals surface area contributed by atoms with Crippen LogP contribution in [0.15, 0.2) is 70.4 Å². The van der Waals surface area contributed by atoms with Gasteiger partial charge in [0, 0.05) is 57.4 Å². The third-order valence-electron chi connectivity index (χ3n) is 6.08. The Balaban J connectivity index is 1.86. The van der Waals surface area contributed by atoms with Gasteiger partial charge in [0.05, 0.1) is 5.69 Å². The summed E-state index contributed by atoms with van der Waals surface area (Å²) >= 11 is 0. The molecule has 5 aromatic rings. The van der Waals surface area contributed by atoms with E-state index in [9.17, 15) is 14.7 Å². The van der Waals surface area contributed by atoms with Gasteiger partial charge in [-0.2, -0.15) is 4.98 Å². The number of fused-ring (bicyclic) bond motifs is 3. The van der Waals surface area contributed by atoms with E-state index in [1.165, 1.54) is 4.57 Å². The van der Waals surface area contributed by atoms with Gasteiger partial charge in [-0.3, -0.25) is 22.9 Å². The molecular formula is C25H26N6O3. The van der Waals surface area contributed by atoms with E-state index < -0.39 is 11.2 Å². The smallest absolute Gasteiger partial charge is 0.332 e. The molecule has 0 spiro atoms. The molecule has 0 bridgehead atoms. The van der Waals surface area contributed by atoms with Crippen LogP contribution in [-0.2, 0) is 13.6 Å².